The summed E-state index contributed by atoms with van der Waals surface area (Å²) in [6, 6.07) is 1.49. The lowest BCUT2D eigenvalue weighted by molar-refractivity contribution is 0.0752. The smallest absolute Gasteiger partial charge is 0.0275 e. The fourth-order valence-corrected chi connectivity index (χ4v) is 4.41. The minimum Gasteiger partial charge on any atom is -0.312 e. The molecule has 6 unspecified atom stereocenters. The Kier molecular flexibility index (Phi) is 5.30. The second-order valence-corrected chi connectivity index (χ2v) is 7.51. The van der Waals surface area contributed by atoms with Crippen molar-refractivity contribution in [1.29, 1.82) is 0 Å². The highest BCUT2D eigenvalue weighted by Crippen LogP contribution is 2.36. The molecule has 0 amide bonds. The van der Waals surface area contributed by atoms with Gasteiger partial charge < -0.3 is 5.32 Å². The van der Waals surface area contributed by atoms with Gasteiger partial charge in [-0.15, -0.1) is 0 Å². The lowest BCUT2D eigenvalue weighted by Crippen LogP contribution is -2.56. The number of nitrogens with one attached hydrogen (secondary N) is 1. The van der Waals surface area contributed by atoms with Crippen LogP contribution in [0.15, 0.2) is 0 Å². The van der Waals surface area contributed by atoms with Crippen molar-refractivity contribution in [2.24, 2.45) is 23.7 Å². The summed E-state index contributed by atoms with van der Waals surface area (Å²) >= 11 is 0. The summed E-state index contributed by atoms with van der Waals surface area (Å²) in [5.74, 6) is 3.48. The molecule has 19 heavy (non-hydrogen) atoms. The Hall–Kier alpha value is -0.0800. The van der Waals surface area contributed by atoms with Gasteiger partial charge in [0.25, 0.3) is 0 Å². The summed E-state index contributed by atoms with van der Waals surface area (Å²) < 4.78 is 0. The van der Waals surface area contributed by atoms with E-state index in [9.17, 15) is 0 Å². The average Bonchev–Trinajstić information content (AvgIpc) is 2.65. The monoisotopic (exact) mass is 266 g/mol. The summed E-state index contributed by atoms with van der Waals surface area (Å²) in [6.07, 6.45) is 4.03. The molecule has 2 rings (SSSR count). The topological polar surface area (TPSA) is 15.3 Å². The zero-order valence-electron chi connectivity index (χ0n) is 13.7. The molecule has 112 valence electrons. The zero-order chi connectivity index (χ0) is 14.0. The van der Waals surface area contributed by atoms with Crippen molar-refractivity contribution in [3.8, 4) is 0 Å². The van der Waals surface area contributed by atoms with Crippen molar-refractivity contribution in [2.75, 3.05) is 19.6 Å². The van der Waals surface area contributed by atoms with E-state index in [-0.39, 0.29) is 0 Å². The lowest BCUT2D eigenvalue weighted by Gasteiger charge is -2.45. The Balaban J connectivity index is 2.04. The molecule has 2 nitrogen and oxygen atoms in total. The standard InChI is InChI=1S/C17H34N2/c1-6-7-18-16-9-12(2)8-13(3)17(16)19-10-14(4)15(5)11-19/h12-18H,6-11H2,1-5H3. The van der Waals surface area contributed by atoms with Gasteiger partial charge in [-0.1, -0.05) is 34.6 Å². The van der Waals surface area contributed by atoms with E-state index in [4.69, 9.17) is 0 Å². The normalized spacial score (nSPS) is 44.7. The maximum atomic E-state index is 3.85. The average molecular weight is 266 g/mol. The summed E-state index contributed by atoms with van der Waals surface area (Å²) in [5, 5.41) is 3.85. The minimum absolute atomic E-state index is 0.719. The SMILES string of the molecule is CCCNC1CC(C)CC(C)C1N1CC(C)C(C)C1. The third-order valence-corrected chi connectivity index (χ3v) is 5.52. The van der Waals surface area contributed by atoms with Crippen LogP contribution in [0.3, 0.4) is 0 Å². The fraction of sp³-hybridized carbons (Fsp3) is 1.00. The molecule has 0 bridgehead atoms. The van der Waals surface area contributed by atoms with Crippen molar-refractivity contribution in [2.45, 2.75) is 66.0 Å². The molecule has 6 atom stereocenters. The highest BCUT2D eigenvalue weighted by Gasteiger charge is 2.40. The summed E-state index contributed by atoms with van der Waals surface area (Å²) in [7, 11) is 0. The van der Waals surface area contributed by atoms with Crippen LogP contribution in [-0.2, 0) is 0 Å². The van der Waals surface area contributed by atoms with Crippen LogP contribution in [0.4, 0.5) is 0 Å². The van der Waals surface area contributed by atoms with E-state index in [1.54, 1.807) is 0 Å². The maximum absolute atomic E-state index is 3.85. The van der Waals surface area contributed by atoms with Crippen LogP contribution in [0.1, 0.15) is 53.9 Å². The molecule has 0 radical (unpaired) electrons. The van der Waals surface area contributed by atoms with Crippen LogP contribution in [0.2, 0.25) is 0 Å². The van der Waals surface area contributed by atoms with Gasteiger partial charge in [0.1, 0.15) is 0 Å². The predicted octanol–water partition coefficient (Wildman–Crippen LogP) is 3.38. The Morgan fingerprint density at radius 2 is 1.58 bits per heavy atom. The molecule has 1 aliphatic heterocycles. The molecule has 1 aliphatic carbocycles. The Labute approximate surface area is 120 Å². The summed E-state index contributed by atoms with van der Waals surface area (Å²) in [4.78, 5) is 2.80. The van der Waals surface area contributed by atoms with Gasteiger partial charge in [0.2, 0.25) is 0 Å². The quantitative estimate of drug-likeness (QED) is 0.839. The van der Waals surface area contributed by atoms with Crippen LogP contribution in [0, 0.1) is 23.7 Å². The minimum atomic E-state index is 0.719. The Morgan fingerprint density at radius 3 is 2.16 bits per heavy atom. The third-order valence-electron chi connectivity index (χ3n) is 5.52. The number of likely N-dealkylation sites (tertiary alicyclic amines) is 1. The van der Waals surface area contributed by atoms with Crippen LogP contribution >= 0.6 is 0 Å². The van der Waals surface area contributed by atoms with Crippen molar-refractivity contribution >= 4 is 0 Å². The molecular weight excluding hydrogens is 232 g/mol. The van der Waals surface area contributed by atoms with E-state index >= 15 is 0 Å². The molecule has 0 aromatic rings. The molecule has 1 N–H and O–H groups in total. The van der Waals surface area contributed by atoms with Gasteiger partial charge in [-0.2, -0.15) is 0 Å². The fourth-order valence-electron chi connectivity index (χ4n) is 4.41. The van der Waals surface area contributed by atoms with Crippen molar-refractivity contribution < 1.29 is 0 Å². The van der Waals surface area contributed by atoms with E-state index < -0.39 is 0 Å². The first kappa shape index (κ1) is 15.3. The predicted molar refractivity (Wildman–Crippen MR) is 83.3 cm³/mol. The van der Waals surface area contributed by atoms with Gasteiger partial charge >= 0.3 is 0 Å². The molecule has 0 aromatic heterocycles. The second-order valence-electron chi connectivity index (χ2n) is 7.51. The highest BCUT2D eigenvalue weighted by atomic mass is 15.2. The van der Waals surface area contributed by atoms with Gasteiger partial charge in [0, 0.05) is 25.2 Å². The number of nitrogens with zero attached hydrogens (tertiary/aromatic N) is 1. The highest BCUT2D eigenvalue weighted by molar-refractivity contribution is 4.97. The first-order valence-corrected chi connectivity index (χ1v) is 8.50. The maximum Gasteiger partial charge on any atom is 0.0275 e. The molecule has 2 fully saturated rings. The summed E-state index contributed by atoms with van der Waals surface area (Å²) in [5.41, 5.74) is 0. The molecule has 1 heterocycles. The zero-order valence-corrected chi connectivity index (χ0v) is 13.7. The van der Waals surface area contributed by atoms with Crippen molar-refractivity contribution in [3.63, 3.8) is 0 Å². The first-order chi connectivity index (χ1) is 9.02. The van der Waals surface area contributed by atoms with E-state index in [0.717, 1.165) is 35.8 Å². The van der Waals surface area contributed by atoms with Crippen LogP contribution in [0.5, 0.6) is 0 Å². The van der Waals surface area contributed by atoms with Crippen LogP contribution < -0.4 is 5.32 Å². The molecule has 1 saturated heterocycles. The number of hydrogen-bond donors (Lipinski definition) is 1. The van der Waals surface area contributed by atoms with Gasteiger partial charge in [-0.3, -0.25) is 4.90 Å². The van der Waals surface area contributed by atoms with E-state index in [2.05, 4.69) is 44.8 Å². The number of rotatable bonds is 4. The van der Waals surface area contributed by atoms with Crippen LogP contribution in [0.25, 0.3) is 0 Å². The number of hydrogen-bond acceptors (Lipinski definition) is 2. The van der Waals surface area contributed by atoms with Gasteiger partial charge in [0.15, 0.2) is 0 Å². The lowest BCUT2D eigenvalue weighted by atomic mass is 9.76. The summed E-state index contributed by atoms with van der Waals surface area (Å²) in [6.45, 7) is 15.8. The first-order valence-electron chi connectivity index (χ1n) is 8.50. The van der Waals surface area contributed by atoms with Gasteiger partial charge in [-0.25, -0.2) is 0 Å². The molecule has 2 heteroatoms. The van der Waals surface area contributed by atoms with Crippen molar-refractivity contribution in [1.82, 2.24) is 10.2 Å². The molecular formula is C17H34N2. The second kappa shape index (κ2) is 6.58. The molecule has 0 aromatic carbocycles. The van der Waals surface area contributed by atoms with Crippen molar-refractivity contribution in [3.05, 3.63) is 0 Å². The molecule has 1 saturated carbocycles. The van der Waals surface area contributed by atoms with Crippen LogP contribution in [-0.4, -0.2) is 36.6 Å². The van der Waals surface area contributed by atoms with Gasteiger partial charge in [-0.05, 0) is 49.5 Å². The van der Waals surface area contributed by atoms with E-state index in [0.29, 0.717) is 0 Å². The molecule has 0 spiro atoms. The Bertz CT molecular complexity index is 268. The molecule has 2 aliphatic rings. The van der Waals surface area contributed by atoms with E-state index in [1.807, 2.05) is 0 Å². The Morgan fingerprint density at radius 1 is 0.947 bits per heavy atom. The van der Waals surface area contributed by atoms with Gasteiger partial charge in [0.05, 0.1) is 0 Å². The largest absolute Gasteiger partial charge is 0.312 e. The van der Waals surface area contributed by atoms with E-state index in [1.165, 1.54) is 38.9 Å². The third kappa shape index (κ3) is 3.52.